The minimum atomic E-state index is 0.0464. The largest absolute Gasteiger partial charge is 0.362 e. The summed E-state index contributed by atoms with van der Waals surface area (Å²) in [7, 11) is 0. The molecule has 1 aromatic carbocycles. The van der Waals surface area contributed by atoms with Crippen LogP contribution in [-0.2, 0) is 0 Å². The van der Waals surface area contributed by atoms with Gasteiger partial charge in [-0.1, -0.05) is 54.1 Å². The minimum Gasteiger partial charge on any atom is -0.362 e. The molecule has 0 amide bonds. The van der Waals surface area contributed by atoms with Gasteiger partial charge in [-0.2, -0.15) is 9.58 Å². The highest BCUT2D eigenvalue weighted by molar-refractivity contribution is 5.70. The summed E-state index contributed by atoms with van der Waals surface area (Å²) >= 11 is 0. The molecular weight excluding hydrogens is 260 g/mol. The molecule has 4 nitrogen and oxygen atoms in total. The van der Waals surface area contributed by atoms with E-state index < -0.39 is 0 Å². The van der Waals surface area contributed by atoms with E-state index in [-0.39, 0.29) is 23.7 Å². The van der Waals surface area contributed by atoms with Crippen LogP contribution in [0.5, 0.6) is 0 Å². The van der Waals surface area contributed by atoms with Crippen molar-refractivity contribution in [3.05, 3.63) is 70.8 Å². The first-order valence-corrected chi connectivity index (χ1v) is 7.12. The predicted octanol–water partition coefficient (Wildman–Crippen LogP) is 3.12. The van der Waals surface area contributed by atoms with E-state index in [0.29, 0.717) is 0 Å². The third-order valence-electron chi connectivity index (χ3n) is 4.41. The van der Waals surface area contributed by atoms with E-state index in [4.69, 9.17) is 11.1 Å². The second kappa shape index (κ2) is 5.84. The van der Waals surface area contributed by atoms with Crippen molar-refractivity contribution in [3.8, 4) is 0 Å². The van der Waals surface area contributed by atoms with Crippen molar-refractivity contribution in [3.63, 3.8) is 0 Å². The molecule has 4 atom stereocenters. The monoisotopic (exact) mass is 276 g/mol. The Morgan fingerprint density at radius 3 is 2.48 bits per heavy atom. The van der Waals surface area contributed by atoms with Crippen molar-refractivity contribution in [1.82, 2.24) is 0 Å². The molecule has 21 heavy (non-hydrogen) atoms. The van der Waals surface area contributed by atoms with Gasteiger partial charge < -0.3 is 11.1 Å². The molecular formula is C17H16N4. The lowest BCUT2D eigenvalue weighted by molar-refractivity contribution is -0.0122. The summed E-state index contributed by atoms with van der Waals surface area (Å²) in [6, 6.07) is 10.4. The first-order chi connectivity index (χ1) is 10.3. The number of rotatable bonds is 3. The van der Waals surface area contributed by atoms with Gasteiger partial charge >= 0.3 is 0 Å². The molecule has 2 aliphatic rings. The zero-order valence-corrected chi connectivity index (χ0v) is 11.6. The number of hydrogen-bond donors (Lipinski definition) is 0. The number of nitrogens with zero attached hydrogens (tertiary/aromatic N) is 4. The van der Waals surface area contributed by atoms with Gasteiger partial charge in [-0.05, 0) is 12.0 Å². The Labute approximate surface area is 123 Å². The van der Waals surface area contributed by atoms with Crippen molar-refractivity contribution < 1.29 is 9.58 Å². The summed E-state index contributed by atoms with van der Waals surface area (Å²) in [5.74, 6) is 0.629. The number of hydrogen-bond acceptors (Lipinski definition) is 0. The van der Waals surface area contributed by atoms with Crippen LogP contribution in [0.2, 0.25) is 0 Å². The smallest absolute Gasteiger partial charge is 0.262 e. The molecule has 0 bridgehead atoms. The van der Waals surface area contributed by atoms with E-state index in [9.17, 15) is 0 Å². The zero-order valence-electron chi connectivity index (χ0n) is 11.6. The maximum absolute atomic E-state index is 8.85. The Hall–Kier alpha value is -2.54. The molecule has 2 aliphatic carbocycles. The predicted molar refractivity (Wildman–Crippen MR) is 80.9 cm³/mol. The van der Waals surface area contributed by atoms with Crippen LogP contribution in [0.15, 0.2) is 54.1 Å². The summed E-state index contributed by atoms with van der Waals surface area (Å²) < 4.78 is 0. The van der Waals surface area contributed by atoms with Gasteiger partial charge in [0.25, 0.3) is 12.4 Å². The summed E-state index contributed by atoms with van der Waals surface area (Å²) in [5, 5.41) is 0. The molecule has 104 valence electrons. The highest BCUT2D eigenvalue weighted by Crippen LogP contribution is 2.44. The molecule has 0 aliphatic heterocycles. The molecule has 1 fully saturated rings. The summed E-state index contributed by atoms with van der Waals surface area (Å²) in [5.41, 5.74) is 20.2. The lowest BCUT2D eigenvalue weighted by Gasteiger charge is -2.20. The Kier molecular flexibility index (Phi) is 3.74. The molecule has 0 N–H and O–H groups in total. The number of benzene rings is 1. The fourth-order valence-corrected chi connectivity index (χ4v) is 3.42. The maximum atomic E-state index is 8.85. The highest BCUT2D eigenvalue weighted by atomic mass is 14.9. The van der Waals surface area contributed by atoms with Crippen molar-refractivity contribution in [1.29, 1.82) is 0 Å². The van der Waals surface area contributed by atoms with E-state index in [1.165, 1.54) is 17.4 Å². The lowest BCUT2D eigenvalue weighted by atomic mass is 9.83. The van der Waals surface area contributed by atoms with Crippen LogP contribution in [0.4, 0.5) is 0 Å². The summed E-state index contributed by atoms with van der Waals surface area (Å²) in [4.78, 5) is 6.35. The minimum absolute atomic E-state index is 0.0464. The molecule has 0 radical (unpaired) electrons. The average molecular weight is 276 g/mol. The molecule has 3 rings (SSSR count). The van der Waals surface area contributed by atoms with Crippen LogP contribution in [0, 0.1) is 17.8 Å². The highest BCUT2D eigenvalue weighted by Gasteiger charge is 2.42. The van der Waals surface area contributed by atoms with Gasteiger partial charge in [-0.3, -0.25) is 0 Å². The second-order valence-electron chi connectivity index (χ2n) is 5.56. The Morgan fingerprint density at radius 1 is 1.00 bits per heavy atom. The molecule has 0 spiro atoms. The quantitative estimate of drug-likeness (QED) is 0.352. The number of fused-ring (bicyclic) bond motifs is 1. The molecule has 1 aromatic rings. The average Bonchev–Trinajstić information content (AvgIpc) is 2.86. The van der Waals surface area contributed by atoms with Crippen molar-refractivity contribution >= 4 is 12.4 Å². The van der Waals surface area contributed by atoms with Crippen molar-refractivity contribution in [2.24, 2.45) is 17.8 Å². The van der Waals surface area contributed by atoms with E-state index in [2.05, 4.69) is 39.9 Å². The van der Waals surface area contributed by atoms with Gasteiger partial charge in [0, 0.05) is 11.8 Å². The van der Waals surface area contributed by atoms with Crippen LogP contribution >= 0.6 is 0 Å². The lowest BCUT2D eigenvalue weighted by Crippen LogP contribution is -2.18. The van der Waals surface area contributed by atoms with E-state index in [1.54, 1.807) is 6.21 Å². The first kappa shape index (κ1) is 13.4. The van der Waals surface area contributed by atoms with Crippen LogP contribution in [0.25, 0.3) is 11.1 Å². The standard InChI is InChI=1S/C17H16N4/c18-20-10-15-9-14-8-13(12-4-2-1-3-5-12)6-7-16(14)17(15)11-21-19/h1-8,10-11,13,15-17H,9H2. The third-order valence-corrected chi connectivity index (χ3v) is 4.41. The first-order valence-electron chi connectivity index (χ1n) is 7.12. The van der Waals surface area contributed by atoms with Crippen LogP contribution < -0.4 is 0 Å². The Morgan fingerprint density at radius 2 is 1.76 bits per heavy atom. The summed E-state index contributed by atoms with van der Waals surface area (Å²) in [6.07, 6.45) is 10.6. The Balaban J connectivity index is 1.92. The van der Waals surface area contributed by atoms with Gasteiger partial charge in [0.05, 0.1) is 11.8 Å². The Bertz CT molecular complexity index is 676. The topological polar surface area (TPSA) is 72.8 Å². The number of allylic oxidation sites excluding steroid dienone is 4. The molecule has 0 aromatic heterocycles. The van der Waals surface area contributed by atoms with Gasteiger partial charge in [0.2, 0.25) is 0 Å². The van der Waals surface area contributed by atoms with E-state index in [0.717, 1.165) is 6.42 Å². The van der Waals surface area contributed by atoms with E-state index >= 15 is 0 Å². The third kappa shape index (κ3) is 2.55. The van der Waals surface area contributed by atoms with Gasteiger partial charge in [-0.15, -0.1) is 0 Å². The fraction of sp³-hybridized carbons (Fsp3) is 0.294. The SMILES string of the molecule is [N-]=[N+]=CC1CC2=CC(c3ccccc3)C=CC2C1C=[N+]=[N-]. The van der Waals surface area contributed by atoms with Gasteiger partial charge in [-0.25, -0.2) is 0 Å². The molecule has 1 saturated carbocycles. The zero-order chi connectivity index (χ0) is 14.7. The van der Waals surface area contributed by atoms with Gasteiger partial charge in [0.1, 0.15) is 0 Å². The van der Waals surface area contributed by atoms with Crippen molar-refractivity contribution in [2.75, 3.05) is 0 Å². The van der Waals surface area contributed by atoms with Gasteiger partial charge in [0.15, 0.2) is 0 Å². The van der Waals surface area contributed by atoms with Crippen LogP contribution in [0.1, 0.15) is 17.9 Å². The molecule has 0 saturated heterocycles. The van der Waals surface area contributed by atoms with Crippen LogP contribution in [-0.4, -0.2) is 22.0 Å². The molecule has 4 unspecified atom stereocenters. The van der Waals surface area contributed by atoms with Crippen molar-refractivity contribution in [2.45, 2.75) is 12.3 Å². The molecule has 0 heterocycles. The van der Waals surface area contributed by atoms with E-state index in [1.807, 2.05) is 18.2 Å². The summed E-state index contributed by atoms with van der Waals surface area (Å²) in [6.45, 7) is 0. The normalized spacial score (nSPS) is 29.8. The maximum Gasteiger partial charge on any atom is 0.262 e. The van der Waals surface area contributed by atoms with Crippen LogP contribution in [0.3, 0.4) is 0 Å². The fourth-order valence-electron chi connectivity index (χ4n) is 3.42. The molecule has 4 heteroatoms. The second-order valence-corrected chi connectivity index (χ2v) is 5.56.